The zero-order valence-electron chi connectivity index (χ0n) is 14.5. The highest BCUT2D eigenvalue weighted by Crippen LogP contribution is 2.23. The first kappa shape index (κ1) is 18.5. The van der Waals surface area contributed by atoms with Gasteiger partial charge in [0, 0.05) is 6.92 Å². The summed E-state index contributed by atoms with van der Waals surface area (Å²) in [5, 5.41) is 8.83. The fraction of sp³-hybridized carbons (Fsp3) is 0.333. The van der Waals surface area contributed by atoms with Gasteiger partial charge in [0.25, 0.3) is 0 Å². The largest absolute Gasteiger partial charge is 0.494 e. The lowest BCUT2D eigenvalue weighted by Gasteiger charge is -2.08. The molecule has 0 saturated heterocycles. The second-order valence-corrected chi connectivity index (χ2v) is 5.82. The summed E-state index contributed by atoms with van der Waals surface area (Å²) < 4.78 is 10.6. The molecule has 0 N–H and O–H groups in total. The molecule has 0 aliphatic rings. The highest BCUT2D eigenvalue weighted by atomic mass is 16.5. The van der Waals surface area contributed by atoms with Crippen LogP contribution < -0.4 is 4.74 Å². The van der Waals surface area contributed by atoms with Gasteiger partial charge in [-0.2, -0.15) is 5.26 Å². The Morgan fingerprint density at radius 1 is 0.880 bits per heavy atom. The summed E-state index contributed by atoms with van der Waals surface area (Å²) >= 11 is 0. The van der Waals surface area contributed by atoms with Crippen LogP contribution in [0.3, 0.4) is 0 Å². The number of nitrogens with zero attached hydrogens (tertiary/aromatic N) is 1. The van der Waals surface area contributed by atoms with Gasteiger partial charge in [-0.05, 0) is 61.1 Å². The first-order chi connectivity index (χ1) is 12.2. The molecule has 0 radical (unpaired) electrons. The molecule has 0 fully saturated rings. The summed E-state index contributed by atoms with van der Waals surface area (Å²) in [6.45, 7) is 2.62. The molecule has 130 valence electrons. The standard InChI is InChI=1S/C21H23NO3/c1-17(23)24-14-4-2-3-5-15-25-21-12-10-20(11-13-21)19-8-6-18(16-22)7-9-19/h6-13H,2-5,14-15H2,1H3. The van der Waals surface area contributed by atoms with E-state index in [0.717, 1.165) is 42.6 Å². The molecule has 0 aliphatic carbocycles. The lowest BCUT2D eigenvalue weighted by Crippen LogP contribution is -2.01. The van der Waals surface area contributed by atoms with Crippen molar-refractivity contribution in [2.75, 3.05) is 13.2 Å². The number of carbonyl (C=O) groups excluding carboxylic acids is 1. The quantitative estimate of drug-likeness (QED) is 0.490. The van der Waals surface area contributed by atoms with Gasteiger partial charge in [-0.3, -0.25) is 4.79 Å². The second kappa shape index (κ2) is 10.1. The van der Waals surface area contributed by atoms with E-state index in [1.54, 1.807) is 0 Å². The van der Waals surface area contributed by atoms with Gasteiger partial charge in [0.1, 0.15) is 5.75 Å². The summed E-state index contributed by atoms with van der Waals surface area (Å²) in [5.74, 6) is 0.644. The van der Waals surface area contributed by atoms with Gasteiger partial charge in [-0.1, -0.05) is 24.3 Å². The maximum Gasteiger partial charge on any atom is 0.302 e. The van der Waals surface area contributed by atoms with Crippen LogP contribution >= 0.6 is 0 Å². The van der Waals surface area contributed by atoms with Crippen LogP contribution in [0.15, 0.2) is 48.5 Å². The van der Waals surface area contributed by atoms with Crippen LogP contribution in [0.2, 0.25) is 0 Å². The fourth-order valence-electron chi connectivity index (χ4n) is 2.44. The van der Waals surface area contributed by atoms with E-state index in [2.05, 4.69) is 6.07 Å². The van der Waals surface area contributed by atoms with Crippen LogP contribution in [0, 0.1) is 11.3 Å². The van der Waals surface area contributed by atoms with Crippen LogP contribution in [-0.4, -0.2) is 19.2 Å². The topological polar surface area (TPSA) is 59.3 Å². The molecule has 0 unspecified atom stereocenters. The molecular formula is C21H23NO3. The minimum absolute atomic E-state index is 0.215. The molecule has 4 nitrogen and oxygen atoms in total. The summed E-state index contributed by atoms with van der Waals surface area (Å²) in [5.41, 5.74) is 2.84. The van der Waals surface area contributed by atoms with Crippen molar-refractivity contribution < 1.29 is 14.3 Å². The van der Waals surface area contributed by atoms with E-state index in [4.69, 9.17) is 14.7 Å². The number of rotatable bonds is 9. The predicted molar refractivity (Wildman–Crippen MR) is 97.2 cm³/mol. The summed E-state index contributed by atoms with van der Waals surface area (Å²) in [4.78, 5) is 10.6. The van der Waals surface area contributed by atoms with E-state index in [1.807, 2.05) is 48.5 Å². The molecule has 2 aromatic carbocycles. The fourth-order valence-corrected chi connectivity index (χ4v) is 2.44. The first-order valence-corrected chi connectivity index (χ1v) is 8.56. The molecule has 25 heavy (non-hydrogen) atoms. The number of hydrogen-bond acceptors (Lipinski definition) is 4. The number of unbranched alkanes of at least 4 members (excludes halogenated alkanes) is 3. The molecule has 0 heterocycles. The number of hydrogen-bond donors (Lipinski definition) is 0. The summed E-state index contributed by atoms with van der Waals surface area (Å²) in [6, 6.07) is 17.6. The van der Waals surface area contributed by atoms with E-state index in [9.17, 15) is 4.79 Å². The van der Waals surface area contributed by atoms with Gasteiger partial charge in [0.2, 0.25) is 0 Å². The first-order valence-electron chi connectivity index (χ1n) is 8.56. The Balaban J connectivity index is 1.68. The van der Waals surface area contributed by atoms with Gasteiger partial charge in [-0.15, -0.1) is 0 Å². The van der Waals surface area contributed by atoms with Gasteiger partial charge in [0.15, 0.2) is 0 Å². The van der Waals surface area contributed by atoms with Gasteiger partial charge in [-0.25, -0.2) is 0 Å². The lowest BCUT2D eigenvalue weighted by molar-refractivity contribution is -0.141. The van der Waals surface area contributed by atoms with Crippen molar-refractivity contribution in [1.82, 2.24) is 0 Å². The SMILES string of the molecule is CC(=O)OCCCCCCOc1ccc(-c2ccc(C#N)cc2)cc1. The average molecular weight is 337 g/mol. The maximum atomic E-state index is 10.6. The molecule has 0 spiro atoms. The Labute approximate surface area is 149 Å². The Bertz CT molecular complexity index is 699. The molecule has 4 heteroatoms. The highest BCUT2D eigenvalue weighted by molar-refractivity contribution is 5.66. The van der Waals surface area contributed by atoms with E-state index < -0.39 is 0 Å². The predicted octanol–water partition coefficient (Wildman–Crippen LogP) is 4.73. The van der Waals surface area contributed by atoms with Crippen molar-refractivity contribution in [3.05, 3.63) is 54.1 Å². The van der Waals surface area contributed by atoms with E-state index >= 15 is 0 Å². The van der Waals surface area contributed by atoms with Crippen molar-refractivity contribution in [1.29, 1.82) is 5.26 Å². The van der Waals surface area contributed by atoms with Crippen LogP contribution in [0.25, 0.3) is 11.1 Å². The maximum absolute atomic E-state index is 10.6. The third-order valence-corrected chi connectivity index (χ3v) is 3.81. The van der Waals surface area contributed by atoms with Crippen LogP contribution in [0.4, 0.5) is 0 Å². The lowest BCUT2D eigenvalue weighted by atomic mass is 10.0. The van der Waals surface area contributed by atoms with Crippen molar-refractivity contribution in [3.8, 4) is 22.9 Å². The Morgan fingerprint density at radius 3 is 2.00 bits per heavy atom. The zero-order chi connectivity index (χ0) is 17.9. The molecule has 0 bridgehead atoms. The third-order valence-electron chi connectivity index (χ3n) is 3.81. The van der Waals surface area contributed by atoms with Crippen molar-refractivity contribution in [2.45, 2.75) is 32.6 Å². The summed E-state index contributed by atoms with van der Waals surface area (Å²) in [6.07, 6.45) is 3.98. The second-order valence-electron chi connectivity index (χ2n) is 5.82. The highest BCUT2D eigenvalue weighted by Gasteiger charge is 2.00. The summed E-state index contributed by atoms with van der Waals surface area (Å²) in [7, 11) is 0. The number of carbonyl (C=O) groups is 1. The average Bonchev–Trinajstić information content (AvgIpc) is 2.64. The van der Waals surface area contributed by atoms with Crippen molar-refractivity contribution in [3.63, 3.8) is 0 Å². The number of ether oxygens (including phenoxy) is 2. The molecule has 2 rings (SSSR count). The molecule has 0 saturated carbocycles. The Morgan fingerprint density at radius 2 is 1.44 bits per heavy atom. The number of nitriles is 1. The van der Waals surface area contributed by atoms with E-state index in [-0.39, 0.29) is 5.97 Å². The van der Waals surface area contributed by atoms with Crippen molar-refractivity contribution in [2.24, 2.45) is 0 Å². The van der Waals surface area contributed by atoms with Gasteiger partial charge < -0.3 is 9.47 Å². The van der Waals surface area contributed by atoms with E-state index in [1.165, 1.54) is 6.92 Å². The third kappa shape index (κ3) is 6.68. The van der Waals surface area contributed by atoms with Crippen molar-refractivity contribution >= 4 is 5.97 Å². The normalized spacial score (nSPS) is 10.1. The van der Waals surface area contributed by atoms with Crippen LogP contribution in [0.1, 0.15) is 38.2 Å². The van der Waals surface area contributed by atoms with Crippen LogP contribution in [0.5, 0.6) is 5.75 Å². The van der Waals surface area contributed by atoms with E-state index in [0.29, 0.717) is 18.8 Å². The molecule has 0 amide bonds. The van der Waals surface area contributed by atoms with Gasteiger partial charge >= 0.3 is 5.97 Å². The zero-order valence-corrected chi connectivity index (χ0v) is 14.5. The Kier molecular flexibility index (Phi) is 7.52. The van der Waals surface area contributed by atoms with Crippen LogP contribution in [-0.2, 0) is 9.53 Å². The Hall–Kier alpha value is -2.80. The molecular weight excluding hydrogens is 314 g/mol. The molecule has 0 aromatic heterocycles. The molecule has 0 atom stereocenters. The minimum atomic E-state index is -0.215. The minimum Gasteiger partial charge on any atom is -0.494 e. The van der Waals surface area contributed by atoms with Gasteiger partial charge in [0.05, 0.1) is 24.8 Å². The number of esters is 1. The number of benzene rings is 2. The smallest absolute Gasteiger partial charge is 0.302 e. The monoisotopic (exact) mass is 337 g/mol. The molecule has 0 aliphatic heterocycles. The molecule has 2 aromatic rings.